The van der Waals surface area contributed by atoms with Gasteiger partial charge in [0.1, 0.15) is 0 Å². The number of hydrogen-bond donors (Lipinski definition) is 2. The van der Waals surface area contributed by atoms with Gasteiger partial charge in [-0.1, -0.05) is 53.1 Å². The van der Waals surface area contributed by atoms with E-state index in [1.807, 2.05) is 20.8 Å². The molecule has 0 radical (unpaired) electrons. The SMILES string of the molecule is Cc1ccc(S(=O)(=O)N(CCOCCCO)CCN(CCN(CCOCCCO)S(=O)(=O)c2ccc(C)cc2)S(=O)(=O)c2ccc(C)cc2)cc1. The number of ether oxygens (including phenoxy) is 2. The molecule has 284 valence electrons. The Morgan fingerprint density at radius 3 is 0.941 bits per heavy atom. The fourth-order valence-electron chi connectivity index (χ4n) is 4.95. The smallest absolute Gasteiger partial charge is 0.243 e. The monoisotopic (exact) mass is 769 g/mol. The number of aliphatic hydroxyl groups excluding tert-OH is 2. The van der Waals surface area contributed by atoms with Crippen molar-refractivity contribution in [2.24, 2.45) is 0 Å². The summed E-state index contributed by atoms with van der Waals surface area (Å²) >= 11 is 0. The zero-order chi connectivity index (χ0) is 37.5. The highest BCUT2D eigenvalue weighted by molar-refractivity contribution is 7.89. The second kappa shape index (κ2) is 20.5. The molecule has 51 heavy (non-hydrogen) atoms. The Kier molecular flexibility index (Phi) is 17.1. The molecule has 3 aromatic carbocycles. The minimum atomic E-state index is -4.23. The van der Waals surface area contributed by atoms with Crippen LogP contribution in [-0.2, 0) is 39.5 Å². The molecule has 0 aromatic heterocycles. The summed E-state index contributed by atoms with van der Waals surface area (Å²) in [7, 11) is -12.4. The van der Waals surface area contributed by atoms with Crippen molar-refractivity contribution in [2.45, 2.75) is 48.3 Å². The quantitative estimate of drug-likeness (QED) is 0.129. The van der Waals surface area contributed by atoms with Gasteiger partial charge in [-0.15, -0.1) is 0 Å². The van der Waals surface area contributed by atoms with Crippen molar-refractivity contribution >= 4 is 30.1 Å². The molecule has 13 nitrogen and oxygen atoms in total. The molecule has 0 spiro atoms. The van der Waals surface area contributed by atoms with Crippen LogP contribution < -0.4 is 0 Å². The number of benzene rings is 3. The molecule has 0 heterocycles. The summed E-state index contributed by atoms with van der Waals surface area (Å²) in [4.78, 5) is 0.0505. The van der Waals surface area contributed by atoms with Crippen LogP contribution in [0.15, 0.2) is 87.5 Å². The van der Waals surface area contributed by atoms with Crippen LogP contribution in [0.2, 0.25) is 0 Å². The Balaban J connectivity index is 1.96. The first-order valence-corrected chi connectivity index (χ1v) is 21.1. The second-order valence-electron chi connectivity index (χ2n) is 12.0. The van der Waals surface area contributed by atoms with Gasteiger partial charge >= 0.3 is 0 Å². The molecular formula is C35H51N3O10S3. The van der Waals surface area contributed by atoms with Crippen molar-refractivity contribution in [3.63, 3.8) is 0 Å². The van der Waals surface area contributed by atoms with Crippen LogP contribution in [0.25, 0.3) is 0 Å². The van der Waals surface area contributed by atoms with Gasteiger partial charge < -0.3 is 19.7 Å². The molecule has 0 aliphatic rings. The Morgan fingerprint density at radius 2 is 0.686 bits per heavy atom. The largest absolute Gasteiger partial charge is 0.396 e. The number of hydrogen-bond acceptors (Lipinski definition) is 10. The Labute approximate surface area is 303 Å². The molecule has 0 aliphatic carbocycles. The average Bonchev–Trinajstić information content (AvgIpc) is 3.09. The van der Waals surface area contributed by atoms with E-state index in [9.17, 15) is 25.3 Å². The first kappa shape index (κ1) is 42.6. The van der Waals surface area contributed by atoms with Gasteiger partial charge in [-0.25, -0.2) is 25.3 Å². The average molecular weight is 770 g/mol. The molecule has 3 aromatic rings. The lowest BCUT2D eigenvalue weighted by Crippen LogP contribution is -2.46. The number of aryl methyl sites for hydroxylation is 3. The van der Waals surface area contributed by atoms with Gasteiger partial charge in [-0.3, -0.25) is 0 Å². The third kappa shape index (κ3) is 12.7. The predicted molar refractivity (Wildman–Crippen MR) is 195 cm³/mol. The first-order chi connectivity index (χ1) is 24.2. The molecule has 2 N–H and O–H groups in total. The van der Waals surface area contributed by atoms with Crippen LogP contribution >= 0.6 is 0 Å². The van der Waals surface area contributed by atoms with Gasteiger partial charge in [-0.05, 0) is 70.0 Å². The topological polar surface area (TPSA) is 171 Å². The number of rotatable bonds is 24. The van der Waals surface area contributed by atoms with Gasteiger partial charge in [0.05, 0.1) is 27.9 Å². The molecule has 0 amide bonds. The van der Waals surface area contributed by atoms with E-state index in [0.29, 0.717) is 12.8 Å². The van der Waals surface area contributed by atoms with E-state index in [2.05, 4.69) is 0 Å². The minimum Gasteiger partial charge on any atom is -0.396 e. The normalized spacial score (nSPS) is 12.7. The van der Waals surface area contributed by atoms with Crippen molar-refractivity contribution < 1.29 is 44.9 Å². The van der Waals surface area contributed by atoms with Crippen LogP contribution in [0.4, 0.5) is 0 Å². The Bertz CT molecular complexity index is 1710. The fourth-order valence-corrected chi connectivity index (χ4v) is 9.20. The van der Waals surface area contributed by atoms with E-state index in [-0.39, 0.29) is 93.6 Å². The van der Waals surface area contributed by atoms with Crippen molar-refractivity contribution in [1.29, 1.82) is 0 Å². The van der Waals surface area contributed by atoms with Crippen LogP contribution in [0, 0.1) is 20.8 Å². The second-order valence-corrected chi connectivity index (χ2v) is 17.8. The minimum absolute atomic E-state index is 0.00859. The van der Waals surface area contributed by atoms with E-state index in [0.717, 1.165) is 29.6 Å². The molecule has 16 heteroatoms. The first-order valence-electron chi connectivity index (χ1n) is 16.8. The molecular weight excluding hydrogens is 719 g/mol. The van der Waals surface area contributed by atoms with Gasteiger partial charge in [0.15, 0.2) is 0 Å². The summed E-state index contributed by atoms with van der Waals surface area (Å²) in [6, 6.07) is 18.9. The van der Waals surface area contributed by atoms with E-state index in [4.69, 9.17) is 19.7 Å². The number of aliphatic hydroxyl groups is 2. The lowest BCUT2D eigenvalue weighted by Gasteiger charge is -2.29. The number of sulfonamides is 3. The van der Waals surface area contributed by atoms with Crippen LogP contribution in [0.5, 0.6) is 0 Å². The van der Waals surface area contributed by atoms with Crippen LogP contribution in [0.1, 0.15) is 29.5 Å². The van der Waals surface area contributed by atoms with Crippen molar-refractivity contribution in [3.8, 4) is 0 Å². The molecule has 3 rings (SSSR count). The molecule has 0 atom stereocenters. The lowest BCUT2D eigenvalue weighted by molar-refractivity contribution is 0.105. The third-order valence-electron chi connectivity index (χ3n) is 8.04. The molecule has 0 fully saturated rings. The summed E-state index contributed by atoms with van der Waals surface area (Å²) in [6.07, 6.45) is 0.753. The Morgan fingerprint density at radius 1 is 0.431 bits per heavy atom. The third-order valence-corrected chi connectivity index (χ3v) is 13.8. The lowest BCUT2D eigenvalue weighted by atomic mass is 10.2. The van der Waals surface area contributed by atoms with E-state index in [1.54, 1.807) is 36.4 Å². The maximum Gasteiger partial charge on any atom is 0.243 e. The van der Waals surface area contributed by atoms with Crippen LogP contribution in [-0.4, -0.2) is 127 Å². The van der Waals surface area contributed by atoms with E-state index in [1.165, 1.54) is 36.4 Å². The zero-order valence-electron chi connectivity index (χ0n) is 29.6. The molecule has 0 saturated heterocycles. The highest BCUT2D eigenvalue weighted by atomic mass is 32.2. The van der Waals surface area contributed by atoms with Crippen molar-refractivity contribution in [1.82, 2.24) is 12.9 Å². The number of nitrogens with zero attached hydrogens (tertiary/aromatic N) is 3. The summed E-state index contributed by atoms with van der Waals surface area (Å²) in [5, 5.41) is 18.2. The molecule has 0 unspecified atom stereocenters. The maximum absolute atomic E-state index is 14.1. The predicted octanol–water partition coefficient (Wildman–Crippen LogP) is 2.78. The zero-order valence-corrected chi connectivity index (χ0v) is 32.0. The van der Waals surface area contributed by atoms with Gasteiger partial charge in [-0.2, -0.15) is 12.9 Å². The highest BCUT2D eigenvalue weighted by Crippen LogP contribution is 2.21. The van der Waals surface area contributed by atoms with Gasteiger partial charge in [0, 0.05) is 65.7 Å². The van der Waals surface area contributed by atoms with E-state index < -0.39 is 30.1 Å². The molecule has 0 bridgehead atoms. The van der Waals surface area contributed by atoms with Crippen LogP contribution in [0.3, 0.4) is 0 Å². The summed E-state index contributed by atoms with van der Waals surface area (Å²) < 4.78 is 98.2. The van der Waals surface area contributed by atoms with Gasteiger partial charge in [0.2, 0.25) is 30.1 Å². The standard InChI is InChI=1S/C35H51N3O10S3/c1-30-6-12-33(13-7-30)49(41,42)36(18-20-37(22-28-47-26-4-24-39)50(43,44)34-14-8-31(2)9-15-34)19-21-38(23-29-48-27-5-25-40)51(45,46)35-16-10-32(3)11-17-35/h6-17,39-40H,4-5,18-29H2,1-3H3. The Hall–Kier alpha value is -2.77. The summed E-state index contributed by atoms with van der Waals surface area (Å²) in [5.41, 5.74) is 2.58. The van der Waals surface area contributed by atoms with E-state index >= 15 is 0 Å². The fraction of sp³-hybridized carbons (Fsp3) is 0.486. The molecule has 0 saturated carbocycles. The summed E-state index contributed by atoms with van der Waals surface area (Å²) in [6.45, 7) is 4.54. The van der Waals surface area contributed by atoms with Gasteiger partial charge in [0.25, 0.3) is 0 Å². The molecule has 0 aliphatic heterocycles. The summed E-state index contributed by atoms with van der Waals surface area (Å²) in [5.74, 6) is 0. The highest BCUT2D eigenvalue weighted by Gasteiger charge is 2.31. The van der Waals surface area contributed by atoms with Crippen molar-refractivity contribution in [2.75, 3.05) is 78.9 Å². The van der Waals surface area contributed by atoms with Crippen molar-refractivity contribution in [3.05, 3.63) is 89.5 Å². The maximum atomic E-state index is 14.1.